The summed E-state index contributed by atoms with van der Waals surface area (Å²) in [7, 11) is 0. The maximum atomic E-state index is 10.6. The minimum Gasteiger partial charge on any atom is -0.369 e. The molecule has 0 aliphatic carbocycles. The second kappa shape index (κ2) is 3.14. The number of rotatable bonds is 2. The lowest BCUT2D eigenvalue weighted by Gasteiger charge is -1.96. The maximum absolute atomic E-state index is 10.6. The van der Waals surface area contributed by atoms with Gasteiger partial charge in [-0.1, -0.05) is 6.07 Å². The van der Waals surface area contributed by atoms with Crippen LogP contribution in [0.2, 0.25) is 0 Å². The summed E-state index contributed by atoms with van der Waals surface area (Å²) >= 11 is 1.59. The van der Waals surface area contributed by atoms with Crippen molar-refractivity contribution in [1.82, 2.24) is 4.98 Å². The molecule has 13 heavy (non-hydrogen) atoms. The van der Waals surface area contributed by atoms with Crippen LogP contribution < -0.4 is 5.73 Å². The number of carbonyl (C=O) groups excluding carboxylic acids is 1. The molecule has 1 aromatic heterocycles. The van der Waals surface area contributed by atoms with Gasteiger partial charge in [-0.15, -0.1) is 11.3 Å². The summed E-state index contributed by atoms with van der Waals surface area (Å²) < 4.78 is 1.13. The van der Waals surface area contributed by atoms with E-state index in [1.54, 1.807) is 16.8 Å². The Morgan fingerprint density at radius 2 is 2.38 bits per heavy atom. The van der Waals surface area contributed by atoms with Crippen LogP contribution in [0.1, 0.15) is 5.56 Å². The molecule has 0 fully saturated rings. The number of nitrogens with two attached hydrogens (primary N) is 1. The molecule has 2 rings (SSSR count). The number of aromatic nitrogens is 1. The fourth-order valence-electron chi connectivity index (χ4n) is 1.21. The number of amides is 1. The van der Waals surface area contributed by atoms with Gasteiger partial charge in [-0.25, -0.2) is 4.98 Å². The fourth-order valence-corrected chi connectivity index (χ4v) is 1.87. The van der Waals surface area contributed by atoms with E-state index in [0.29, 0.717) is 0 Å². The molecule has 1 amide bonds. The van der Waals surface area contributed by atoms with Crippen LogP contribution >= 0.6 is 11.3 Å². The molecule has 3 nitrogen and oxygen atoms in total. The highest BCUT2D eigenvalue weighted by atomic mass is 32.1. The summed E-state index contributed by atoms with van der Waals surface area (Å²) in [4.78, 5) is 14.8. The van der Waals surface area contributed by atoms with Crippen LogP contribution in [0, 0.1) is 0 Å². The van der Waals surface area contributed by atoms with E-state index in [1.807, 2.05) is 18.2 Å². The molecule has 0 saturated carbocycles. The Kier molecular flexibility index (Phi) is 1.98. The number of benzene rings is 1. The molecule has 0 unspecified atom stereocenters. The van der Waals surface area contributed by atoms with E-state index in [1.165, 1.54) is 0 Å². The lowest BCUT2D eigenvalue weighted by Crippen LogP contribution is -2.13. The van der Waals surface area contributed by atoms with Gasteiger partial charge in [0.2, 0.25) is 5.91 Å². The molecule has 4 heteroatoms. The van der Waals surface area contributed by atoms with Crippen molar-refractivity contribution in [2.24, 2.45) is 5.73 Å². The molecule has 1 heterocycles. The molecule has 0 atom stereocenters. The third kappa shape index (κ3) is 1.67. The molecule has 66 valence electrons. The summed E-state index contributed by atoms with van der Waals surface area (Å²) in [6, 6.07) is 5.77. The summed E-state index contributed by atoms with van der Waals surface area (Å²) in [6.45, 7) is 0. The molecule has 0 saturated heterocycles. The van der Waals surface area contributed by atoms with Gasteiger partial charge in [0.15, 0.2) is 0 Å². The van der Waals surface area contributed by atoms with Crippen LogP contribution in [-0.2, 0) is 11.2 Å². The van der Waals surface area contributed by atoms with Gasteiger partial charge in [-0.05, 0) is 17.7 Å². The number of thiazole rings is 1. The van der Waals surface area contributed by atoms with Crippen molar-refractivity contribution in [3.63, 3.8) is 0 Å². The monoisotopic (exact) mass is 192 g/mol. The van der Waals surface area contributed by atoms with Crippen molar-refractivity contribution in [2.45, 2.75) is 6.42 Å². The Hall–Kier alpha value is -1.42. The largest absolute Gasteiger partial charge is 0.369 e. The molecule has 0 aliphatic heterocycles. The van der Waals surface area contributed by atoms with E-state index in [0.717, 1.165) is 15.8 Å². The first-order chi connectivity index (χ1) is 6.25. The molecule has 0 radical (unpaired) electrons. The van der Waals surface area contributed by atoms with Crippen molar-refractivity contribution in [3.05, 3.63) is 29.3 Å². The van der Waals surface area contributed by atoms with Crippen molar-refractivity contribution >= 4 is 27.5 Å². The number of carbonyl (C=O) groups is 1. The minimum atomic E-state index is -0.311. The zero-order valence-electron chi connectivity index (χ0n) is 6.86. The normalized spacial score (nSPS) is 10.5. The predicted molar refractivity (Wildman–Crippen MR) is 52.5 cm³/mol. The third-order valence-corrected chi connectivity index (χ3v) is 2.58. The number of nitrogens with zero attached hydrogens (tertiary/aromatic N) is 1. The number of hydrogen-bond donors (Lipinski definition) is 1. The number of primary amides is 1. The molecule has 2 N–H and O–H groups in total. The molecule has 0 aliphatic rings. The first-order valence-corrected chi connectivity index (χ1v) is 4.74. The van der Waals surface area contributed by atoms with Gasteiger partial charge in [-0.2, -0.15) is 0 Å². The highest BCUT2D eigenvalue weighted by Gasteiger charge is 2.01. The Morgan fingerprint density at radius 1 is 1.54 bits per heavy atom. The van der Waals surface area contributed by atoms with E-state index in [-0.39, 0.29) is 12.3 Å². The summed E-state index contributed by atoms with van der Waals surface area (Å²) in [6.07, 6.45) is 0.285. The van der Waals surface area contributed by atoms with E-state index < -0.39 is 0 Å². The van der Waals surface area contributed by atoms with Crippen molar-refractivity contribution in [1.29, 1.82) is 0 Å². The highest BCUT2D eigenvalue weighted by molar-refractivity contribution is 7.16. The Labute approximate surface area is 79.2 Å². The first-order valence-electron chi connectivity index (χ1n) is 3.86. The van der Waals surface area contributed by atoms with Crippen LogP contribution in [-0.4, -0.2) is 10.9 Å². The van der Waals surface area contributed by atoms with Crippen molar-refractivity contribution in [2.75, 3.05) is 0 Å². The SMILES string of the molecule is NC(=O)Cc1ccc2scnc2c1. The first kappa shape index (κ1) is 8.19. The van der Waals surface area contributed by atoms with E-state index in [9.17, 15) is 4.79 Å². The summed E-state index contributed by atoms with van der Waals surface area (Å²) in [5.41, 5.74) is 8.73. The second-order valence-electron chi connectivity index (χ2n) is 2.80. The molecular weight excluding hydrogens is 184 g/mol. The van der Waals surface area contributed by atoms with Crippen LogP contribution in [0.5, 0.6) is 0 Å². The molecule has 0 bridgehead atoms. The van der Waals surface area contributed by atoms with Crippen LogP contribution in [0.25, 0.3) is 10.2 Å². The van der Waals surface area contributed by atoms with Crippen molar-refractivity contribution < 1.29 is 4.79 Å². The van der Waals surface area contributed by atoms with Gasteiger partial charge in [0.05, 0.1) is 22.1 Å². The maximum Gasteiger partial charge on any atom is 0.221 e. The molecular formula is C9H8N2OS. The van der Waals surface area contributed by atoms with Crippen LogP contribution in [0.4, 0.5) is 0 Å². The molecule has 1 aromatic carbocycles. The van der Waals surface area contributed by atoms with Gasteiger partial charge >= 0.3 is 0 Å². The standard InChI is InChI=1S/C9H8N2OS/c10-9(12)4-6-1-2-8-7(3-6)11-5-13-8/h1-3,5H,4H2,(H2,10,12). The molecule has 2 aromatic rings. The van der Waals surface area contributed by atoms with Gasteiger partial charge in [0, 0.05) is 0 Å². The lowest BCUT2D eigenvalue weighted by atomic mass is 10.1. The van der Waals surface area contributed by atoms with E-state index in [2.05, 4.69) is 4.98 Å². The highest BCUT2D eigenvalue weighted by Crippen LogP contribution is 2.18. The minimum absolute atomic E-state index is 0.285. The Morgan fingerprint density at radius 3 is 3.15 bits per heavy atom. The molecule has 0 spiro atoms. The predicted octanol–water partition coefficient (Wildman–Crippen LogP) is 1.32. The number of fused-ring (bicyclic) bond motifs is 1. The van der Waals surface area contributed by atoms with E-state index in [4.69, 9.17) is 5.73 Å². The Bertz CT molecular complexity index is 450. The average Bonchev–Trinajstić information content (AvgIpc) is 2.49. The Balaban J connectivity index is 2.42. The van der Waals surface area contributed by atoms with Gasteiger partial charge in [0.25, 0.3) is 0 Å². The lowest BCUT2D eigenvalue weighted by molar-refractivity contribution is -0.117. The van der Waals surface area contributed by atoms with Gasteiger partial charge in [-0.3, -0.25) is 4.79 Å². The second-order valence-corrected chi connectivity index (χ2v) is 3.68. The quantitative estimate of drug-likeness (QED) is 0.780. The van der Waals surface area contributed by atoms with E-state index >= 15 is 0 Å². The smallest absolute Gasteiger partial charge is 0.221 e. The van der Waals surface area contributed by atoms with Crippen LogP contribution in [0.3, 0.4) is 0 Å². The zero-order valence-corrected chi connectivity index (χ0v) is 7.67. The third-order valence-electron chi connectivity index (χ3n) is 1.77. The average molecular weight is 192 g/mol. The number of hydrogen-bond acceptors (Lipinski definition) is 3. The van der Waals surface area contributed by atoms with Gasteiger partial charge in [0.1, 0.15) is 0 Å². The topological polar surface area (TPSA) is 56.0 Å². The van der Waals surface area contributed by atoms with Crippen LogP contribution in [0.15, 0.2) is 23.7 Å². The zero-order chi connectivity index (χ0) is 9.26. The fraction of sp³-hybridized carbons (Fsp3) is 0.111. The summed E-state index contributed by atoms with van der Waals surface area (Å²) in [5, 5.41) is 0. The van der Waals surface area contributed by atoms with Crippen molar-refractivity contribution in [3.8, 4) is 0 Å². The van der Waals surface area contributed by atoms with Gasteiger partial charge < -0.3 is 5.73 Å². The summed E-state index contributed by atoms with van der Waals surface area (Å²) in [5.74, 6) is -0.311.